The monoisotopic (exact) mass is 389 g/mol. The molecule has 4 rings (SSSR count). The van der Waals surface area contributed by atoms with Crippen LogP contribution in [0.5, 0.6) is 11.5 Å². The fourth-order valence-corrected chi connectivity index (χ4v) is 3.80. The molecular formula is C20H23NO5S. The van der Waals surface area contributed by atoms with E-state index in [9.17, 15) is 4.79 Å². The van der Waals surface area contributed by atoms with Gasteiger partial charge in [-0.3, -0.25) is 4.79 Å². The minimum absolute atomic E-state index is 0.0578. The molecule has 1 atom stereocenters. The van der Waals surface area contributed by atoms with E-state index in [0.717, 1.165) is 29.0 Å². The maximum atomic E-state index is 12.7. The van der Waals surface area contributed by atoms with Crippen molar-refractivity contribution in [1.29, 1.82) is 0 Å². The van der Waals surface area contributed by atoms with Gasteiger partial charge in [0.1, 0.15) is 30.1 Å². The Morgan fingerprint density at radius 2 is 2.15 bits per heavy atom. The molecule has 0 N–H and O–H groups in total. The lowest BCUT2D eigenvalue weighted by Crippen LogP contribution is -2.34. The topological polar surface area (TPSA) is 58.9 Å². The van der Waals surface area contributed by atoms with E-state index < -0.39 is 0 Å². The molecule has 27 heavy (non-hydrogen) atoms. The molecule has 144 valence electrons. The number of aryl methyl sites for hydroxylation is 1. The number of rotatable bonds is 5. The van der Waals surface area contributed by atoms with Gasteiger partial charge in [0.25, 0.3) is 5.56 Å². The van der Waals surface area contributed by atoms with Gasteiger partial charge in [-0.05, 0) is 31.0 Å². The highest BCUT2D eigenvalue weighted by molar-refractivity contribution is 7.80. The first-order chi connectivity index (χ1) is 13.2. The molecule has 2 aliphatic rings. The first-order valence-electron chi connectivity index (χ1n) is 9.11. The molecule has 0 aliphatic carbocycles. The quantitative estimate of drug-likeness (QED) is 0.629. The van der Waals surface area contributed by atoms with Crippen LogP contribution in [0.3, 0.4) is 0 Å². The van der Waals surface area contributed by atoms with E-state index in [1.807, 2.05) is 23.6 Å². The number of pyridine rings is 1. The van der Waals surface area contributed by atoms with Gasteiger partial charge in [0.2, 0.25) is 0 Å². The van der Waals surface area contributed by atoms with Gasteiger partial charge < -0.3 is 23.5 Å². The molecule has 1 unspecified atom stereocenters. The summed E-state index contributed by atoms with van der Waals surface area (Å²) in [5.41, 5.74) is 3.99. The van der Waals surface area contributed by atoms with Crippen molar-refractivity contribution >= 4 is 12.6 Å². The molecule has 0 saturated carbocycles. The van der Waals surface area contributed by atoms with Crippen LogP contribution in [0.15, 0.2) is 29.1 Å². The maximum Gasteiger partial charge on any atom is 0.254 e. The van der Waals surface area contributed by atoms with Gasteiger partial charge >= 0.3 is 0 Å². The van der Waals surface area contributed by atoms with E-state index in [1.54, 1.807) is 6.07 Å². The van der Waals surface area contributed by atoms with E-state index in [2.05, 4.69) is 18.7 Å². The molecule has 1 aromatic heterocycles. The Kier molecular flexibility index (Phi) is 5.43. The number of hydrogen-bond donors (Lipinski definition) is 1. The van der Waals surface area contributed by atoms with Gasteiger partial charge in [0.15, 0.2) is 0 Å². The Morgan fingerprint density at radius 3 is 2.93 bits per heavy atom. The molecule has 2 aromatic rings. The molecule has 7 heteroatoms. The van der Waals surface area contributed by atoms with Crippen LogP contribution in [-0.4, -0.2) is 43.0 Å². The van der Waals surface area contributed by atoms with Crippen molar-refractivity contribution in [3.63, 3.8) is 0 Å². The highest BCUT2D eigenvalue weighted by Crippen LogP contribution is 2.36. The van der Waals surface area contributed by atoms with Crippen molar-refractivity contribution in [3.05, 3.63) is 45.7 Å². The summed E-state index contributed by atoms with van der Waals surface area (Å²) in [6.07, 6.45) is 0.704. The van der Waals surface area contributed by atoms with E-state index in [4.69, 9.17) is 18.9 Å². The normalized spacial score (nSPS) is 18.5. The molecule has 3 heterocycles. The zero-order chi connectivity index (χ0) is 18.8. The molecule has 2 aliphatic heterocycles. The van der Waals surface area contributed by atoms with E-state index in [0.29, 0.717) is 44.7 Å². The van der Waals surface area contributed by atoms with Gasteiger partial charge in [-0.25, -0.2) is 0 Å². The van der Waals surface area contributed by atoms with Crippen molar-refractivity contribution in [2.75, 3.05) is 32.4 Å². The fraction of sp³-hybridized carbons (Fsp3) is 0.450. The van der Waals surface area contributed by atoms with Crippen LogP contribution in [0.1, 0.15) is 11.1 Å². The average Bonchev–Trinajstić information content (AvgIpc) is 2.70. The Balaban J connectivity index is 1.69. The Bertz CT molecular complexity index is 889. The second-order valence-electron chi connectivity index (χ2n) is 6.69. The standard InChI is InChI=1S/C20H23NO5S/c1-13-18(25-11-16-10-23-6-7-24-16)9-19(22)21-5-4-14-2-3-15(26-12-27)8-17(14)20(13)21/h2-3,8-9,16,27H,4-7,10-12H2,1H3. The molecular weight excluding hydrogens is 366 g/mol. The zero-order valence-electron chi connectivity index (χ0n) is 15.3. The SMILES string of the molecule is Cc1c(OCC2COCCO2)cc(=O)n2c1-c1cc(OCS)ccc1CC2. The predicted octanol–water partition coefficient (Wildman–Crippen LogP) is 2.44. The van der Waals surface area contributed by atoms with Crippen molar-refractivity contribution < 1.29 is 18.9 Å². The van der Waals surface area contributed by atoms with Crippen molar-refractivity contribution in [3.8, 4) is 22.8 Å². The molecule has 6 nitrogen and oxygen atoms in total. The minimum Gasteiger partial charge on any atom is -0.490 e. The van der Waals surface area contributed by atoms with Gasteiger partial charge in [-0.15, -0.1) is 12.6 Å². The highest BCUT2D eigenvalue weighted by Gasteiger charge is 2.23. The van der Waals surface area contributed by atoms with E-state index in [1.165, 1.54) is 5.56 Å². The summed E-state index contributed by atoms with van der Waals surface area (Å²) in [5, 5.41) is 0. The average molecular weight is 389 g/mol. The largest absolute Gasteiger partial charge is 0.490 e. The third-order valence-corrected chi connectivity index (χ3v) is 5.13. The maximum absolute atomic E-state index is 12.7. The van der Waals surface area contributed by atoms with Crippen LogP contribution in [0.4, 0.5) is 0 Å². The first-order valence-corrected chi connectivity index (χ1v) is 9.74. The smallest absolute Gasteiger partial charge is 0.254 e. The summed E-state index contributed by atoms with van der Waals surface area (Å²) < 4.78 is 24.3. The van der Waals surface area contributed by atoms with Crippen LogP contribution in [0, 0.1) is 6.92 Å². The molecule has 0 radical (unpaired) electrons. The van der Waals surface area contributed by atoms with Crippen LogP contribution in [0.25, 0.3) is 11.3 Å². The van der Waals surface area contributed by atoms with Gasteiger partial charge in [0, 0.05) is 23.7 Å². The third-order valence-electron chi connectivity index (χ3n) is 5.00. The number of fused-ring (bicyclic) bond motifs is 3. The third kappa shape index (κ3) is 3.72. The summed E-state index contributed by atoms with van der Waals surface area (Å²) >= 11 is 4.13. The van der Waals surface area contributed by atoms with Crippen LogP contribution in [0.2, 0.25) is 0 Å². The molecule has 1 fully saturated rings. The summed E-state index contributed by atoms with van der Waals surface area (Å²) in [5.74, 6) is 1.63. The number of ether oxygens (including phenoxy) is 4. The molecule has 0 spiro atoms. The second-order valence-corrected chi connectivity index (χ2v) is 6.95. The van der Waals surface area contributed by atoms with Crippen molar-refractivity contribution in [2.45, 2.75) is 26.0 Å². The summed E-state index contributed by atoms with van der Waals surface area (Å²) in [7, 11) is 0. The summed E-state index contributed by atoms with van der Waals surface area (Å²) in [6, 6.07) is 7.55. The Labute approximate surface area is 163 Å². The number of aromatic nitrogens is 1. The summed E-state index contributed by atoms with van der Waals surface area (Å²) in [6.45, 7) is 4.70. The van der Waals surface area contributed by atoms with Crippen LogP contribution in [-0.2, 0) is 22.4 Å². The van der Waals surface area contributed by atoms with Gasteiger partial charge in [-0.2, -0.15) is 0 Å². The van der Waals surface area contributed by atoms with Gasteiger partial charge in [-0.1, -0.05) is 6.07 Å². The predicted molar refractivity (Wildman–Crippen MR) is 105 cm³/mol. The second kappa shape index (κ2) is 7.96. The highest BCUT2D eigenvalue weighted by atomic mass is 32.1. The summed E-state index contributed by atoms with van der Waals surface area (Å²) in [4.78, 5) is 12.7. The molecule has 1 saturated heterocycles. The van der Waals surface area contributed by atoms with Crippen molar-refractivity contribution in [2.24, 2.45) is 0 Å². The number of benzene rings is 1. The van der Waals surface area contributed by atoms with Gasteiger partial charge in [0.05, 0.1) is 25.5 Å². The lowest BCUT2D eigenvalue weighted by Gasteiger charge is -2.27. The number of thiol groups is 1. The van der Waals surface area contributed by atoms with E-state index in [-0.39, 0.29) is 11.7 Å². The fourth-order valence-electron chi connectivity index (χ4n) is 3.65. The molecule has 0 amide bonds. The zero-order valence-corrected chi connectivity index (χ0v) is 16.2. The van der Waals surface area contributed by atoms with Crippen LogP contribution >= 0.6 is 12.6 Å². The Morgan fingerprint density at radius 1 is 1.26 bits per heavy atom. The van der Waals surface area contributed by atoms with E-state index >= 15 is 0 Å². The first kappa shape index (κ1) is 18.4. The minimum atomic E-state index is -0.111. The number of hydrogen-bond acceptors (Lipinski definition) is 6. The lowest BCUT2D eigenvalue weighted by atomic mass is 9.94. The molecule has 0 bridgehead atoms. The lowest BCUT2D eigenvalue weighted by molar-refractivity contribution is -0.101. The Hall–Kier alpha value is -1.96. The van der Waals surface area contributed by atoms with Crippen molar-refractivity contribution in [1.82, 2.24) is 4.57 Å². The number of nitrogens with zero attached hydrogens (tertiary/aromatic N) is 1. The van der Waals surface area contributed by atoms with Crippen LogP contribution < -0.4 is 15.0 Å². The molecule has 1 aromatic carbocycles.